The zero-order valence-corrected chi connectivity index (χ0v) is 17.9. The number of benzene rings is 2. The molecular weight excluding hydrogens is 457 g/mol. The van der Waals surface area contributed by atoms with Crippen molar-refractivity contribution in [2.45, 2.75) is 30.2 Å². The Kier molecular flexibility index (Phi) is 5.56. The van der Waals surface area contributed by atoms with Crippen molar-refractivity contribution in [3.8, 4) is 0 Å². The molecule has 0 bridgehead atoms. The van der Waals surface area contributed by atoms with Crippen molar-refractivity contribution in [2.75, 3.05) is 5.32 Å². The van der Waals surface area contributed by atoms with Gasteiger partial charge in [-0.2, -0.15) is 0 Å². The molecule has 2 heterocycles. The van der Waals surface area contributed by atoms with E-state index < -0.39 is 11.7 Å². The van der Waals surface area contributed by atoms with Crippen molar-refractivity contribution in [3.05, 3.63) is 85.4 Å². The first-order valence-corrected chi connectivity index (χ1v) is 10.8. The molecule has 0 aliphatic carbocycles. The van der Waals surface area contributed by atoms with E-state index >= 15 is 0 Å². The number of hydrogen-bond acceptors (Lipinski definition) is 4. The second-order valence-corrected chi connectivity index (χ2v) is 8.70. The second kappa shape index (κ2) is 8.12. The zero-order valence-electron chi connectivity index (χ0n) is 15.5. The van der Waals surface area contributed by atoms with Gasteiger partial charge < -0.3 is 10.3 Å². The first kappa shape index (κ1) is 19.8. The maximum Gasteiger partial charge on any atom is 0.257 e. The minimum atomic E-state index is -0.483. The van der Waals surface area contributed by atoms with Crippen LogP contribution in [0.15, 0.2) is 56.9 Å². The van der Waals surface area contributed by atoms with Gasteiger partial charge in [0, 0.05) is 18.1 Å². The minimum Gasteiger partial charge on any atom is -0.310 e. The molecule has 1 aliphatic rings. The third-order valence-corrected chi connectivity index (χ3v) is 6.32. The maximum absolute atomic E-state index is 13.6. The number of rotatable bonds is 4. The standard InChI is InChI=1S/C21H17BrFN3O2S/c1-11-2-4-12(5-3-11)10-29-21-25-19-18(20(28)26-21)14(9-17(27)24-19)13-6-7-16(23)15(22)8-13/h2-8,14H,9-10H2,1H3,(H2,24,25,26,27,28). The first-order chi connectivity index (χ1) is 13.9. The van der Waals surface area contributed by atoms with Crippen molar-refractivity contribution >= 4 is 39.4 Å². The number of anilines is 1. The molecule has 0 spiro atoms. The van der Waals surface area contributed by atoms with Crippen LogP contribution in [0.2, 0.25) is 0 Å². The Morgan fingerprint density at radius 1 is 1.21 bits per heavy atom. The molecule has 29 heavy (non-hydrogen) atoms. The normalized spacial score (nSPS) is 15.7. The lowest BCUT2D eigenvalue weighted by atomic mass is 9.87. The maximum atomic E-state index is 13.6. The molecule has 0 fully saturated rings. The third-order valence-electron chi connectivity index (χ3n) is 4.77. The van der Waals surface area contributed by atoms with Crippen molar-refractivity contribution in [3.63, 3.8) is 0 Å². The molecule has 2 N–H and O–H groups in total. The summed E-state index contributed by atoms with van der Waals surface area (Å²) in [6.45, 7) is 2.03. The number of H-pyrrole nitrogens is 1. The van der Waals surface area contributed by atoms with Crippen LogP contribution >= 0.6 is 27.7 Å². The van der Waals surface area contributed by atoms with Crippen molar-refractivity contribution < 1.29 is 9.18 Å². The van der Waals surface area contributed by atoms with Crippen LogP contribution in [0, 0.1) is 12.7 Å². The highest BCUT2D eigenvalue weighted by atomic mass is 79.9. The van der Waals surface area contributed by atoms with Gasteiger partial charge in [-0.25, -0.2) is 9.37 Å². The van der Waals surface area contributed by atoms with Gasteiger partial charge in [0.2, 0.25) is 5.91 Å². The molecule has 0 saturated carbocycles. The number of nitrogens with one attached hydrogen (secondary N) is 2. The van der Waals surface area contributed by atoms with Gasteiger partial charge in [0.1, 0.15) is 11.6 Å². The molecule has 0 saturated heterocycles. The van der Waals surface area contributed by atoms with Crippen molar-refractivity contribution in [2.24, 2.45) is 0 Å². The van der Waals surface area contributed by atoms with Crippen LogP contribution in [0.1, 0.15) is 34.6 Å². The molecule has 5 nitrogen and oxygen atoms in total. The van der Waals surface area contributed by atoms with E-state index in [0.29, 0.717) is 22.0 Å². The minimum absolute atomic E-state index is 0.103. The SMILES string of the molecule is Cc1ccc(CSc2nc3c(c(=O)[nH]2)C(c2ccc(F)c(Br)c2)CC(=O)N3)cc1. The molecule has 1 aromatic heterocycles. The van der Waals surface area contributed by atoms with E-state index in [0.717, 1.165) is 5.56 Å². The quantitative estimate of drug-likeness (QED) is 0.423. The number of halogens is 2. The Bertz CT molecular complexity index is 1150. The van der Waals surface area contributed by atoms with Gasteiger partial charge in [-0.1, -0.05) is 47.7 Å². The van der Waals surface area contributed by atoms with E-state index in [1.165, 1.54) is 23.4 Å². The molecule has 1 unspecified atom stereocenters. The topological polar surface area (TPSA) is 74.8 Å². The smallest absolute Gasteiger partial charge is 0.257 e. The molecule has 1 atom stereocenters. The van der Waals surface area contributed by atoms with Crippen molar-refractivity contribution in [1.29, 1.82) is 0 Å². The fourth-order valence-corrected chi connectivity index (χ4v) is 4.48. The Hall–Kier alpha value is -2.45. The van der Waals surface area contributed by atoms with E-state index in [4.69, 9.17) is 0 Å². The fraction of sp³-hybridized carbons (Fsp3) is 0.190. The lowest BCUT2D eigenvalue weighted by Gasteiger charge is -2.24. The van der Waals surface area contributed by atoms with E-state index in [1.807, 2.05) is 31.2 Å². The molecule has 148 valence electrons. The largest absolute Gasteiger partial charge is 0.310 e. The molecule has 2 aromatic carbocycles. The fourth-order valence-electron chi connectivity index (χ4n) is 3.27. The third kappa shape index (κ3) is 4.28. The van der Waals surface area contributed by atoms with Crippen LogP contribution in [0.3, 0.4) is 0 Å². The summed E-state index contributed by atoms with van der Waals surface area (Å²) in [5.41, 5.74) is 3.07. The first-order valence-electron chi connectivity index (χ1n) is 8.98. The van der Waals surface area contributed by atoms with E-state index in [2.05, 4.69) is 31.2 Å². The molecule has 0 radical (unpaired) electrons. The molecular formula is C21H17BrFN3O2S. The summed E-state index contributed by atoms with van der Waals surface area (Å²) in [5, 5.41) is 3.14. The highest BCUT2D eigenvalue weighted by Gasteiger charge is 2.31. The van der Waals surface area contributed by atoms with Crippen LogP contribution < -0.4 is 10.9 Å². The number of aromatic nitrogens is 2. The lowest BCUT2D eigenvalue weighted by molar-refractivity contribution is -0.116. The number of carbonyl (C=O) groups is 1. The van der Waals surface area contributed by atoms with Crippen molar-refractivity contribution in [1.82, 2.24) is 9.97 Å². The van der Waals surface area contributed by atoms with Gasteiger partial charge in [0.05, 0.1) is 10.0 Å². The van der Waals surface area contributed by atoms with Crippen LogP contribution in [0.25, 0.3) is 0 Å². The highest BCUT2D eigenvalue weighted by molar-refractivity contribution is 9.10. The van der Waals surface area contributed by atoms with Gasteiger partial charge in [-0.3, -0.25) is 9.59 Å². The molecule has 8 heteroatoms. The molecule has 3 aromatic rings. The number of aryl methyl sites for hydroxylation is 1. The van der Waals surface area contributed by atoms with Crippen LogP contribution in [0.4, 0.5) is 10.2 Å². The van der Waals surface area contributed by atoms with E-state index in [1.54, 1.807) is 12.1 Å². The van der Waals surface area contributed by atoms with Gasteiger partial charge in [0.15, 0.2) is 5.16 Å². The number of aromatic amines is 1. The predicted octanol–water partition coefficient (Wildman–Crippen LogP) is 4.75. The molecule has 1 aliphatic heterocycles. The summed E-state index contributed by atoms with van der Waals surface area (Å²) in [6.07, 6.45) is 0.103. The summed E-state index contributed by atoms with van der Waals surface area (Å²) in [6, 6.07) is 12.6. The van der Waals surface area contributed by atoms with E-state index in [9.17, 15) is 14.0 Å². The Morgan fingerprint density at radius 2 is 1.97 bits per heavy atom. The number of fused-ring (bicyclic) bond motifs is 1. The Morgan fingerprint density at radius 3 is 2.69 bits per heavy atom. The highest BCUT2D eigenvalue weighted by Crippen LogP contribution is 2.36. The average molecular weight is 474 g/mol. The summed E-state index contributed by atoms with van der Waals surface area (Å²) >= 11 is 4.56. The number of carbonyl (C=O) groups excluding carboxylic acids is 1. The zero-order chi connectivity index (χ0) is 20.5. The van der Waals surface area contributed by atoms with Crippen LogP contribution in [-0.4, -0.2) is 15.9 Å². The van der Waals surface area contributed by atoms with Gasteiger partial charge in [-0.05, 0) is 46.1 Å². The van der Waals surface area contributed by atoms with Crippen LogP contribution in [0.5, 0.6) is 0 Å². The number of hydrogen-bond donors (Lipinski definition) is 2. The monoisotopic (exact) mass is 473 g/mol. The second-order valence-electron chi connectivity index (χ2n) is 6.89. The summed E-state index contributed by atoms with van der Waals surface area (Å²) in [4.78, 5) is 32.4. The Balaban J connectivity index is 1.65. The summed E-state index contributed by atoms with van der Waals surface area (Å²) < 4.78 is 13.9. The summed E-state index contributed by atoms with van der Waals surface area (Å²) in [7, 11) is 0. The Labute approximate surface area is 179 Å². The summed E-state index contributed by atoms with van der Waals surface area (Å²) in [5.74, 6) is -0.200. The van der Waals surface area contributed by atoms with Crippen LogP contribution in [-0.2, 0) is 10.5 Å². The lowest BCUT2D eigenvalue weighted by Crippen LogP contribution is -2.31. The average Bonchev–Trinajstić information content (AvgIpc) is 2.68. The van der Waals surface area contributed by atoms with Gasteiger partial charge in [0.25, 0.3) is 5.56 Å². The number of nitrogens with zero attached hydrogens (tertiary/aromatic N) is 1. The van der Waals surface area contributed by atoms with Gasteiger partial charge in [-0.15, -0.1) is 0 Å². The predicted molar refractivity (Wildman–Crippen MR) is 115 cm³/mol. The number of thioether (sulfide) groups is 1. The number of amides is 1. The molecule has 1 amide bonds. The van der Waals surface area contributed by atoms with E-state index in [-0.39, 0.29) is 28.2 Å². The molecule has 4 rings (SSSR count). The van der Waals surface area contributed by atoms with Gasteiger partial charge >= 0.3 is 0 Å².